The van der Waals surface area contributed by atoms with Gasteiger partial charge in [0.05, 0.1) is 0 Å². The van der Waals surface area contributed by atoms with Crippen LogP contribution < -0.4 is 10.6 Å². The maximum Gasteiger partial charge on any atom is 0.131 e. The normalized spacial score (nSPS) is 20.3. The monoisotopic (exact) mass is 263 g/mol. The predicted molar refractivity (Wildman–Crippen MR) is 79.6 cm³/mol. The zero-order chi connectivity index (χ0) is 13.7. The molecule has 2 heterocycles. The number of nitrogens with one attached hydrogen (secondary N) is 2. The minimum Gasteiger partial charge on any atom is -0.370 e. The number of piperidine rings is 1. The Bertz CT molecular complexity index is 407. The molecule has 5 nitrogen and oxygen atoms in total. The molecule has 0 spiro atoms. The number of nitrogens with zero attached hydrogens (tertiary/aromatic N) is 3. The molecule has 2 rings (SSSR count). The van der Waals surface area contributed by atoms with Gasteiger partial charge in [-0.25, -0.2) is 9.97 Å². The molecule has 0 aliphatic carbocycles. The first-order valence-corrected chi connectivity index (χ1v) is 7.19. The van der Waals surface area contributed by atoms with Gasteiger partial charge in [-0.15, -0.1) is 0 Å². The third-order valence-corrected chi connectivity index (χ3v) is 3.49. The third kappa shape index (κ3) is 4.35. The van der Waals surface area contributed by atoms with E-state index in [1.807, 2.05) is 13.0 Å². The fraction of sp³-hybridized carbons (Fsp3) is 0.714. The lowest BCUT2D eigenvalue weighted by molar-refractivity contribution is 0.217. The van der Waals surface area contributed by atoms with E-state index < -0.39 is 0 Å². The maximum atomic E-state index is 4.44. The van der Waals surface area contributed by atoms with E-state index in [0.29, 0.717) is 0 Å². The second kappa shape index (κ2) is 6.70. The van der Waals surface area contributed by atoms with E-state index in [0.717, 1.165) is 36.5 Å². The van der Waals surface area contributed by atoms with E-state index in [1.54, 1.807) is 0 Å². The van der Waals surface area contributed by atoms with Crippen molar-refractivity contribution in [1.82, 2.24) is 14.9 Å². The number of hydrogen-bond donors (Lipinski definition) is 2. The van der Waals surface area contributed by atoms with Crippen molar-refractivity contribution < 1.29 is 0 Å². The molecule has 5 heteroatoms. The summed E-state index contributed by atoms with van der Waals surface area (Å²) in [6, 6.07) is 1.99. The Labute approximate surface area is 115 Å². The third-order valence-electron chi connectivity index (χ3n) is 3.49. The molecule has 0 saturated carbocycles. The SMILES string of the molecule is CCNc1cc(NCC2CCCN(C)C2)nc(C)n1. The molecule has 1 saturated heterocycles. The van der Waals surface area contributed by atoms with Crippen molar-refractivity contribution in [2.24, 2.45) is 5.92 Å². The van der Waals surface area contributed by atoms with Crippen LogP contribution in [0.1, 0.15) is 25.6 Å². The van der Waals surface area contributed by atoms with Gasteiger partial charge in [-0.2, -0.15) is 0 Å². The number of likely N-dealkylation sites (tertiary alicyclic amines) is 1. The summed E-state index contributed by atoms with van der Waals surface area (Å²) in [5.41, 5.74) is 0. The van der Waals surface area contributed by atoms with Crippen molar-refractivity contribution in [2.45, 2.75) is 26.7 Å². The van der Waals surface area contributed by atoms with Crippen LogP contribution in [0.5, 0.6) is 0 Å². The summed E-state index contributed by atoms with van der Waals surface area (Å²) in [5.74, 6) is 3.35. The first kappa shape index (κ1) is 14.1. The van der Waals surface area contributed by atoms with Crippen molar-refractivity contribution >= 4 is 11.6 Å². The number of hydrogen-bond acceptors (Lipinski definition) is 5. The minimum atomic E-state index is 0.719. The van der Waals surface area contributed by atoms with Gasteiger partial charge in [0.2, 0.25) is 0 Å². The van der Waals surface area contributed by atoms with E-state index in [1.165, 1.54) is 25.9 Å². The van der Waals surface area contributed by atoms with Crippen molar-refractivity contribution in [2.75, 3.05) is 43.9 Å². The van der Waals surface area contributed by atoms with Crippen LogP contribution in [0.3, 0.4) is 0 Å². The van der Waals surface area contributed by atoms with E-state index >= 15 is 0 Å². The number of aryl methyl sites for hydroxylation is 1. The van der Waals surface area contributed by atoms with E-state index in [-0.39, 0.29) is 0 Å². The molecule has 1 fully saturated rings. The van der Waals surface area contributed by atoms with Gasteiger partial charge in [0.1, 0.15) is 17.5 Å². The molecule has 1 aromatic rings. The highest BCUT2D eigenvalue weighted by Crippen LogP contribution is 2.17. The van der Waals surface area contributed by atoms with Gasteiger partial charge in [-0.3, -0.25) is 0 Å². The highest BCUT2D eigenvalue weighted by Gasteiger charge is 2.16. The Morgan fingerprint density at radius 2 is 2.05 bits per heavy atom. The molecule has 106 valence electrons. The lowest BCUT2D eigenvalue weighted by Gasteiger charge is -2.29. The average molecular weight is 263 g/mol. The first-order valence-electron chi connectivity index (χ1n) is 7.19. The van der Waals surface area contributed by atoms with Crippen LogP contribution in [0.2, 0.25) is 0 Å². The predicted octanol–water partition coefficient (Wildman–Crippen LogP) is 1.97. The van der Waals surface area contributed by atoms with Crippen LogP contribution in [-0.4, -0.2) is 48.1 Å². The average Bonchev–Trinajstić information content (AvgIpc) is 2.36. The smallest absolute Gasteiger partial charge is 0.131 e. The van der Waals surface area contributed by atoms with Crippen molar-refractivity contribution in [3.05, 3.63) is 11.9 Å². The van der Waals surface area contributed by atoms with E-state index in [9.17, 15) is 0 Å². The molecule has 1 unspecified atom stereocenters. The summed E-state index contributed by atoms with van der Waals surface area (Å²) < 4.78 is 0. The van der Waals surface area contributed by atoms with Gasteiger partial charge >= 0.3 is 0 Å². The molecular weight excluding hydrogens is 238 g/mol. The van der Waals surface area contributed by atoms with Crippen LogP contribution in [0.4, 0.5) is 11.6 Å². The largest absolute Gasteiger partial charge is 0.370 e. The number of anilines is 2. The molecule has 1 atom stereocenters. The summed E-state index contributed by atoms with van der Waals surface area (Å²) in [6.07, 6.45) is 2.61. The van der Waals surface area contributed by atoms with E-state index in [4.69, 9.17) is 0 Å². The van der Waals surface area contributed by atoms with E-state index in [2.05, 4.69) is 39.5 Å². The fourth-order valence-corrected chi connectivity index (χ4v) is 2.62. The number of aromatic nitrogens is 2. The van der Waals surface area contributed by atoms with Gasteiger partial charge in [-0.1, -0.05) is 0 Å². The highest BCUT2D eigenvalue weighted by atomic mass is 15.1. The standard InChI is InChI=1S/C14H25N5/c1-4-15-13-8-14(18-11(2)17-13)16-9-12-6-5-7-19(3)10-12/h8,12H,4-7,9-10H2,1-3H3,(H2,15,16,17,18). The molecule has 1 aromatic heterocycles. The second-order valence-corrected chi connectivity index (χ2v) is 5.37. The molecule has 2 N–H and O–H groups in total. The first-order chi connectivity index (χ1) is 9.17. The van der Waals surface area contributed by atoms with Gasteiger partial charge in [0, 0.05) is 25.7 Å². The van der Waals surface area contributed by atoms with Crippen molar-refractivity contribution in [3.8, 4) is 0 Å². The van der Waals surface area contributed by atoms with Gasteiger partial charge in [-0.05, 0) is 46.2 Å². The zero-order valence-electron chi connectivity index (χ0n) is 12.2. The van der Waals surface area contributed by atoms with Gasteiger partial charge in [0.25, 0.3) is 0 Å². The summed E-state index contributed by atoms with van der Waals surface area (Å²) in [5, 5.41) is 6.69. The molecule has 1 aliphatic heterocycles. The topological polar surface area (TPSA) is 53.1 Å². The van der Waals surface area contributed by atoms with Gasteiger partial charge in [0.15, 0.2) is 0 Å². The second-order valence-electron chi connectivity index (χ2n) is 5.37. The fourth-order valence-electron chi connectivity index (χ4n) is 2.62. The Morgan fingerprint density at radius 3 is 2.74 bits per heavy atom. The molecule has 1 aliphatic rings. The summed E-state index contributed by atoms with van der Waals surface area (Å²) in [7, 11) is 2.20. The Balaban J connectivity index is 1.91. The summed E-state index contributed by atoms with van der Waals surface area (Å²) in [6.45, 7) is 8.28. The van der Waals surface area contributed by atoms with Crippen LogP contribution in [-0.2, 0) is 0 Å². The lowest BCUT2D eigenvalue weighted by Crippen LogP contribution is -2.35. The maximum absolute atomic E-state index is 4.44. The highest BCUT2D eigenvalue weighted by molar-refractivity contribution is 5.47. The Morgan fingerprint density at radius 1 is 1.32 bits per heavy atom. The quantitative estimate of drug-likeness (QED) is 0.850. The Kier molecular flexibility index (Phi) is 4.96. The summed E-state index contributed by atoms with van der Waals surface area (Å²) >= 11 is 0. The summed E-state index contributed by atoms with van der Waals surface area (Å²) in [4.78, 5) is 11.2. The zero-order valence-corrected chi connectivity index (χ0v) is 12.2. The minimum absolute atomic E-state index is 0.719. The van der Waals surface area contributed by atoms with Crippen molar-refractivity contribution in [3.63, 3.8) is 0 Å². The molecule has 0 amide bonds. The molecular formula is C14H25N5. The van der Waals surface area contributed by atoms with Crippen molar-refractivity contribution in [1.29, 1.82) is 0 Å². The molecule has 0 radical (unpaired) electrons. The molecule has 19 heavy (non-hydrogen) atoms. The number of rotatable bonds is 5. The van der Waals surface area contributed by atoms with Crippen LogP contribution in [0, 0.1) is 12.8 Å². The Hall–Kier alpha value is -1.36. The van der Waals surface area contributed by atoms with Crippen LogP contribution in [0.25, 0.3) is 0 Å². The molecule has 0 aromatic carbocycles. The van der Waals surface area contributed by atoms with Crippen LogP contribution in [0.15, 0.2) is 6.07 Å². The molecule has 0 bridgehead atoms. The van der Waals surface area contributed by atoms with Gasteiger partial charge < -0.3 is 15.5 Å². The lowest BCUT2D eigenvalue weighted by atomic mass is 9.98. The van der Waals surface area contributed by atoms with Crippen LogP contribution >= 0.6 is 0 Å².